The lowest BCUT2D eigenvalue weighted by Crippen LogP contribution is -1.92. The monoisotopic (exact) mass is 234 g/mol. The maximum absolute atomic E-state index is 8.47. The minimum Gasteiger partial charge on any atom is -0.178 e. The number of nitriles is 1. The van der Waals surface area contributed by atoms with Gasteiger partial charge in [0.25, 0.3) is 0 Å². The average Bonchev–Trinajstić information content (AvgIpc) is 2.49. The Hall–Kier alpha value is -1.14. The molecule has 0 amide bonds. The summed E-state index contributed by atoms with van der Waals surface area (Å²) in [5, 5.41) is 8.47. The van der Waals surface area contributed by atoms with Crippen LogP contribution in [0.15, 0.2) is 27.7 Å². The van der Waals surface area contributed by atoms with E-state index in [-0.39, 0.29) is 0 Å². The second kappa shape index (κ2) is 3.31. The summed E-state index contributed by atoms with van der Waals surface area (Å²) in [6, 6.07) is 6.13. The van der Waals surface area contributed by atoms with Crippen LogP contribution in [0.25, 0.3) is 0 Å². The van der Waals surface area contributed by atoms with E-state index in [0.29, 0.717) is 0 Å². The number of aryl methyl sites for hydroxylation is 1. The third-order valence-corrected chi connectivity index (χ3v) is 2.69. The Morgan fingerprint density at radius 1 is 1.38 bits per heavy atom. The first-order valence-corrected chi connectivity index (χ1v) is 4.85. The Morgan fingerprint density at radius 2 is 2.23 bits per heavy atom. The highest BCUT2D eigenvalue weighted by Crippen LogP contribution is 2.25. The van der Waals surface area contributed by atoms with Crippen LogP contribution in [0.4, 0.5) is 0 Å². The summed E-state index contributed by atoms with van der Waals surface area (Å²) >= 11 is 3.41. The number of nitrogens with zero attached hydrogens (tertiary/aromatic N) is 2. The molecule has 0 aliphatic heterocycles. The SMILES string of the molecule is N#CN=C1CCc2ccc(Br)cc21. The van der Waals surface area contributed by atoms with E-state index in [4.69, 9.17) is 5.26 Å². The molecule has 0 bridgehead atoms. The van der Waals surface area contributed by atoms with Gasteiger partial charge in [-0.15, -0.1) is 0 Å². The smallest absolute Gasteiger partial charge is 0.178 e. The number of halogens is 1. The molecule has 0 fully saturated rings. The molecule has 1 aromatic rings. The van der Waals surface area contributed by atoms with Gasteiger partial charge in [-0.1, -0.05) is 22.0 Å². The summed E-state index contributed by atoms with van der Waals surface area (Å²) in [4.78, 5) is 3.81. The Morgan fingerprint density at radius 3 is 3.00 bits per heavy atom. The first-order valence-electron chi connectivity index (χ1n) is 4.05. The van der Waals surface area contributed by atoms with Crippen molar-refractivity contribution in [1.82, 2.24) is 0 Å². The van der Waals surface area contributed by atoms with Crippen molar-refractivity contribution < 1.29 is 0 Å². The molecular weight excluding hydrogens is 228 g/mol. The summed E-state index contributed by atoms with van der Waals surface area (Å²) in [6.45, 7) is 0. The number of hydrogen-bond donors (Lipinski definition) is 0. The average molecular weight is 235 g/mol. The second-order valence-corrected chi connectivity index (χ2v) is 3.88. The third-order valence-electron chi connectivity index (χ3n) is 2.20. The van der Waals surface area contributed by atoms with Crippen molar-refractivity contribution in [3.8, 4) is 6.19 Å². The van der Waals surface area contributed by atoms with Crippen LogP contribution in [0.5, 0.6) is 0 Å². The highest BCUT2D eigenvalue weighted by Gasteiger charge is 2.17. The second-order valence-electron chi connectivity index (χ2n) is 2.96. The van der Waals surface area contributed by atoms with Crippen LogP contribution in [-0.4, -0.2) is 5.71 Å². The topological polar surface area (TPSA) is 36.1 Å². The molecule has 1 aromatic carbocycles. The first-order chi connectivity index (χ1) is 6.31. The summed E-state index contributed by atoms with van der Waals surface area (Å²) in [5.74, 6) is 0. The molecule has 2 nitrogen and oxygen atoms in total. The minimum atomic E-state index is 0.888. The van der Waals surface area contributed by atoms with Gasteiger partial charge in [0.2, 0.25) is 6.19 Å². The molecule has 64 valence electrons. The van der Waals surface area contributed by atoms with Gasteiger partial charge in [-0.25, -0.2) is 0 Å². The molecule has 1 aliphatic carbocycles. The zero-order valence-electron chi connectivity index (χ0n) is 6.92. The van der Waals surface area contributed by atoms with Crippen LogP contribution in [-0.2, 0) is 6.42 Å². The van der Waals surface area contributed by atoms with Gasteiger partial charge in [-0.3, -0.25) is 0 Å². The maximum Gasteiger partial charge on any atom is 0.205 e. The molecule has 0 aromatic heterocycles. The van der Waals surface area contributed by atoms with E-state index < -0.39 is 0 Å². The van der Waals surface area contributed by atoms with E-state index in [1.54, 1.807) is 0 Å². The van der Waals surface area contributed by atoms with Gasteiger partial charge in [0.15, 0.2) is 0 Å². The lowest BCUT2D eigenvalue weighted by Gasteiger charge is -1.98. The van der Waals surface area contributed by atoms with E-state index in [1.807, 2.05) is 18.3 Å². The van der Waals surface area contributed by atoms with Crippen LogP contribution in [0.1, 0.15) is 17.5 Å². The molecule has 2 rings (SSSR count). The quantitative estimate of drug-likeness (QED) is 0.636. The van der Waals surface area contributed by atoms with Crippen LogP contribution < -0.4 is 0 Å². The molecule has 0 spiro atoms. The lowest BCUT2D eigenvalue weighted by atomic mass is 10.1. The number of fused-ring (bicyclic) bond motifs is 1. The molecule has 0 saturated carbocycles. The molecule has 3 heteroatoms. The summed E-state index contributed by atoms with van der Waals surface area (Å²) in [6.07, 6.45) is 3.73. The van der Waals surface area contributed by atoms with Crippen molar-refractivity contribution in [3.05, 3.63) is 33.8 Å². The van der Waals surface area contributed by atoms with E-state index in [2.05, 4.69) is 27.0 Å². The lowest BCUT2D eigenvalue weighted by molar-refractivity contribution is 1.09. The summed E-state index contributed by atoms with van der Waals surface area (Å²) in [5.41, 5.74) is 3.33. The van der Waals surface area contributed by atoms with E-state index in [1.165, 1.54) is 5.56 Å². The van der Waals surface area contributed by atoms with E-state index in [9.17, 15) is 0 Å². The fourth-order valence-electron chi connectivity index (χ4n) is 1.60. The van der Waals surface area contributed by atoms with Crippen molar-refractivity contribution in [2.45, 2.75) is 12.8 Å². The molecule has 0 atom stereocenters. The highest BCUT2D eigenvalue weighted by atomic mass is 79.9. The number of benzene rings is 1. The Bertz CT molecular complexity index is 415. The fraction of sp³-hybridized carbons (Fsp3) is 0.200. The zero-order valence-corrected chi connectivity index (χ0v) is 8.50. The predicted octanol–water partition coefficient (Wildman–Crippen LogP) is 2.67. The van der Waals surface area contributed by atoms with Crippen LogP contribution >= 0.6 is 15.9 Å². The highest BCUT2D eigenvalue weighted by molar-refractivity contribution is 9.10. The van der Waals surface area contributed by atoms with Crippen molar-refractivity contribution in [2.24, 2.45) is 4.99 Å². The Labute approximate surface area is 85.0 Å². The van der Waals surface area contributed by atoms with E-state index in [0.717, 1.165) is 28.6 Å². The number of hydrogen-bond acceptors (Lipinski definition) is 2. The third kappa shape index (κ3) is 1.50. The van der Waals surface area contributed by atoms with Crippen LogP contribution in [0.2, 0.25) is 0 Å². The van der Waals surface area contributed by atoms with Gasteiger partial charge in [-0.05, 0) is 30.5 Å². The fourth-order valence-corrected chi connectivity index (χ4v) is 1.96. The van der Waals surface area contributed by atoms with Crippen LogP contribution in [0, 0.1) is 11.5 Å². The number of rotatable bonds is 0. The molecule has 0 N–H and O–H groups in total. The van der Waals surface area contributed by atoms with Crippen LogP contribution in [0.3, 0.4) is 0 Å². The summed E-state index contributed by atoms with van der Waals surface area (Å²) < 4.78 is 1.04. The van der Waals surface area contributed by atoms with Crippen molar-refractivity contribution >= 4 is 21.6 Å². The molecule has 0 heterocycles. The van der Waals surface area contributed by atoms with Gasteiger partial charge in [0.1, 0.15) is 0 Å². The predicted molar refractivity (Wildman–Crippen MR) is 54.6 cm³/mol. The molecule has 0 radical (unpaired) electrons. The molecular formula is C10H7BrN2. The van der Waals surface area contributed by atoms with Crippen molar-refractivity contribution in [3.63, 3.8) is 0 Å². The molecule has 1 aliphatic rings. The zero-order chi connectivity index (χ0) is 9.26. The maximum atomic E-state index is 8.47. The molecule has 0 unspecified atom stereocenters. The molecule has 0 saturated heterocycles. The Balaban J connectivity index is 2.54. The van der Waals surface area contributed by atoms with Gasteiger partial charge in [0, 0.05) is 10.0 Å². The largest absolute Gasteiger partial charge is 0.205 e. The molecule has 13 heavy (non-hydrogen) atoms. The standard InChI is InChI=1S/C10H7BrN2/c11-8-3-1-7-2-4-10(13-6-12)9(7)5-8/h1,3,5H,2,4H2. The minimum absolute atomic E-state index is 0.888. The normalized spacial score (nSPS) is 17.1. The number of aliphatic imine (C=N–C) groups is 1. The Kier molecular flexibility index (Phi) is 2.15. The van der Waals surface area contributed by atoms with Gasteiger partial charge in [0.05, 0.1) is 5.71 Å². The van der Waals surface area contributed by atoms with E-state index >= 15 is 0 Å². The van der Waals surface area contributed by atoms with Gasteiger partial charge in [-0.2, -0.15) is 10.3 Å². The summed E-state index contributed by atoms with van der Waals surface area (Å²) in [7, 11) is 0. The van der Waals surface area contributed by atoms with Crippen molar-refractivity contribution in [2.75, 3.05) is 0 Å². The van der Waals surface area contributed by atoms with Crippen molar-refractivity contribution in [1.29, 1.82) is 5.26 Å². The first kappa shape index (κ1) is 8.46. The van der Waals surface area contributed by atoms with Gasteiger partial charge < -0.3 is 0 Å². The van der Waals surface area contributed by atoms with Gasteiger partial charge >= 0.3 is 0 Å².